The summed E-state index contributed by atoms with van der Waals surface area (Å²) < 4.78 is 5.35. The quantitative estimate of drug-likeness (QED) is 0.847. The van der Waals surface area contributed by atoms with E-state index in [1.54, 1.807) is 17.6 Å². The predicted molar refractivity (Wildman–Crippen MR) is 72.8 cm³/mol. The Bertz CT molecular complexity index is 438. The molecule has 0 fully saturated rings. The van der Waals surface area contributed by atoms with Gasteiger partial charge < -0.3 is 9.73 Å². The van der Waals surface area contributed by atoms with Gasteiger partial charge in [-0.2, -0.15) is 0 Å². The zero-order valence-corrected chi connectivity index (χ0v) is 11.4. The summed E-state index contributed by atoms with van der Waals surface area (Å²) in [5.74, 6) is 1.03. The highest BCUT2D eigenvalue weighted by atomic mass is 35.5. The number of halogens is 1. The molecule has 1 N–H and O–H groups in total. The topological polar surface area (TPSA) is 25.2 Å². The third-order valence-corrected chi connectivity index (χ3v) is 4.14. The fourth-order valence-corrected chi connectivity index (χ4v) is 3.17. The molecule has 92 valence electrons. The van der Waals surface area contributed by atoms with Gasteiger partial charge in [-0.05, 0) is 36.5 Å². The molecule has 2 heterocycles. The van der Waals surface area contributed by atoms with Gasteiger partial charge in [0, 0.05) is 17.3 Å². The molecular weight excluding hydrogens is 254 g/mol. The molecule has 0 radical (unpaired) electrons. The lowest BCUT2D eigenvalue weighted by molar-refractivity contribution is 0.462. The summed E-state index contributed by atoms with van der Waals surface area (Å²) in [5.41, 5.74) is 0. The van der Waals surface area contributed by atoms with Crippen LogP contribution in [0.15, 0.2) is 34.3 Å². The van der Waals surface area contributed by atoms with Crippen molar-refractivity contribution in [2.75, 3.05) is 6.54 Å². The summed E-state index contributed by atoms with van der Waals surface area (Å²) in [6.07, 6.45) is 3.65. The molecule has 0 bridgehead atoms. The summed E-state index contributed by atoms with van der Waals surface area (Å²) >= 11 is 7.89. The van der Waals surface area contributed by atoms with Crippen molar-refractivity contribution in [2.24, 2.45) is 0 Å². The van der Waals surface area contributed by atoms with E-state index >= 15 is 0 Å². The Morgan fingerprint density at radius 3 is 2.94 bits per heavy atom. The summed E-state index contributed by atoms with van der Waals surface area (Å²) in [7, 11) is 0. The smallest absolute Gasteiger partial charge is 0.103 e. The number of aryl methyl sites for hydroxylation is 1. The van der Waals surface area contributed by atoms with Gasteiger partial charge in [0.25, 0.3) is 0 Å². The van der Waals surface area contributed by atoms with Gasteiger partial charge in [0.1, 0.15) is 5.76 Å². The number of furan rings is 1. The predicted octanol–water partition coefficient (Wildman–Crippen LogP) is 4.28. The van der Waals surface area contributed by atoms with E-state index < -0.39 is 0 Å². The van der Waals surface area contributed by atoms with Crippen molar-refractivity contribution in [3.05, 3.63) is 45.5 Å². The standard InChI is InChI=1S/C13H16ClNOS/c1-2-15-12(13-11(14)7-9-17-13)6-5-10-4-3-8-16-10/h3-4,7-9,12,15H,2,5-6H2,1H3. The molecular formula is C13H16ClNOS. The van der Waals surface area contributed by atoms with E-state index in [2.05, 4.69) is 12.2 Å². The Morgan fingerprint density at radius 2 is 2.35 bits per heavy atom. The van der Waals surface area contributed by atoms with Gasteiger partial charge in [-0.25, -0.2) is 0 Å². The zero-order valence-electron chi connectivity index (χ0n) is 9.78. The third kappa shape index (κ3) is 3.35. The highest BCUT2D eigenvalue weighted by Gasteiger charge is 2.15. The van der Waals surface area contributed by atoms with Crippen molar-refractivity contribution in [1.82, 2.24) is 5.32 Å². The second-order valence-corrected chi connectivity index (χ2v) is 5.22. The highest BCUT2D eigenvalue weighted by molar-refractivity contribution is 7.10. The maximum absolute atomic E-state index is 6.18. The molecule has 17 heavy (non-hydrogen) atoms. The van der Waals surface area contributed by atoms with E-state index in [9.17, 15) is 0 Å². The maximum Gasteiger partial charge on any atom is 0.103 e. The average Bonchev–Trinajstić information content (AvgIpc) is 2.95. The molecule has 0 amide bonds. The normalized spacial score (nSPS) is 12.8. The van der Waals surface area contributed by atoms with Gasteiger partial charge >= 0.3 is 0 Å². The number of rotatable bonds is 6. The SMILES string of the molecule is CCNC(CCc1ccco1)c1sccc1Cl. The van der Waals surface area contributed by atoms with Crippen LogP contribution in [-0.2, 0) is 6.42 Å². The molecule has 0 spiro atoms. The molecule has 2 aromatic rings. The summed E-state index contributed by atoms with van der Waals surface area (Å²) in [6, 6.07) is 6.21. The monoisotopic (exact) mass is 269 g/mol. The lowest BCUT2D eigenvalue weighted by Gasteiger charge is -2.16. The van der Waals surface area contributed by atoms with E-state index in [1.807, 2.05) is 23.6 Å². The van der Waals surface area contributed by atoms with Crippen molar-refractivity contribution in [3.63, 3.8) is 0 Å². The van der Waals surface area contributed by atoms with Gasteiger partial charge in [0.2, 0.25) is 0 Å². The number of hydrogen-bond acceptors (Lipinski definition) is 3. The molecule has 0 saturated heterocycles. The first kappa shape index (κ1) is 12.7. The van der Waals surface area contributed by atoms with E-state index in [-0.39, 0.29) is 0 Å². The Morgan fingerprint density at radius 1 is 1.47 bits per heavy atom. The van der Waals surface area contributed by atoms with Gasteiger partial charge in [-0.3, -0.25) is 0 Å². The summed E-state index contributed by atoms with van der Waals surface area (Å²) in [4.78, 5) is 1.22. The third-order valence-electron chi connectivity index (χ3n) is 2.67. The van der Waals surface area contributed by atoms with Crippen LogP contribution < -0.4 is 5.32 Å². The summed E-state index contributed by atoms with van der Waals surface area (Å²) in [6.45, 7) is 3.05. The molecule has 2 nitrogen and oxygen atoms in total. The van der Waals surface area contributed by atoms with Crippen molar-refractivity contribution in [3.8, 4) is 0 Å². The molecule has 0 aliphatic heterocycles. The minimum Gasteiger partial charge on any atom is -0.469 e. The van der Waals surface area contributed by atoms with Gasteiger partial charge in [0.15, 0.2) is 0 Å². The molecule has 2 rings (SSSR count). The molecule has 0 aliphatic rings. The molecule has 1 atom stereocenters. The Kier molecular flexibility index (Phi) is 4.66. The maximum atomic E-state index is 6.18. The lowest BCUT2D eigenvalue weighted by Crippen LogP contribution is -2.20. The second kappa shape index (κ2) is 6.24. The van der Waals surface area contributed by atoms with Crippen molar-refractivity contribution < 1.29 is 4.42 Å². The van der Waals surface area contributed by atoms with E-state index in [4.69, 9.17) is 16.0 Å². The fraction of sp³-hybridized carbons (Fsp3) is 0.385. The van der Waals surface area contributed by atoms with Crippen molar-refractivity contribution in [1.29, 1.82) is 0 Å². The average molecular weight is 270 g/mol. The molecule has 0 aromatic carbocycles. The minimum absolute atomic E-state index is 0.317. The number of nitrogens with one attached hydrogen (secondary N) is 1. The lowest BCUT2D eigenvalue weighted by atomic mass is 10.1. The Hall–Kier alpha value is -0.770. The van der Waals surface area contributed by atoms with Crippen LogP contribution in [0, 0.1) is 0 Å². The van der Waals surface area contributed by atoms with Crippen molar-refractivity contribution in [2.45, 2.75) is 25.8 Å². The second-order valence-electron chi connectivity index (χ2n) is 3.86. The molecule has 0 aliphatic carbocycles. The van der Waals surface area contributed by atoms with Crippen LogP contribution in [0.25, 0.3) is 0 Å². The number of thiophene rings is 1. The van der Waals surface area contributed by atoms with Gasteiger partial charge in [0.05, 0.1) is 11.3 Å². The zero-order chi connectivity index (χ0) is 12.1. The van der Waals surface area contributed by atoms with E-state index in [0.717, 1.165) is 30.2 Å². The Labute approximate surface area is 111 Å². The molecule has 1 unspecified atom stereocenters. The fourth-order valence-electron chi connectivity index (χ4n) is 1.87. The van der Waals surface area contributed by atoms with Crippen LogP contribution in [0.1, 0.15) is 30.0 Å². The number of hydrogen-bond donors (Lipinski definition) is 1. The molecule has 2 aromatic heterocycles. The van der Waals surface area contributed by atoms with Gasteiger partial charge in [-0.1, -0.05) is 18.5 Å². The van der Waals surface area contributed by atoms with E-state index in [0.29, 0.717) is 6.04 Å². The first-order valence-corrected chi connectivity index (χ1v) is 7.05. The largest absolute Gasteiger partial charge is 0.469 e. The first-order chi connectivity index (χ1) is 8.31. The Balaban J connectivity index is 2.00. The van der Waals surface area contributed by atoms with Crippen LogP contribution >= 0.6 is 22.9 Å². The van der Waals surface area contributed by atoms with Crippen molar-refractivity contribution >= 4 is 22.9 Å². The van der Waals surface area contributed by atoms with Gasteiger partial charge in [-0.15, -0.1) is 11.3 Å². The first-order valence-electron chi connectivity index (χ1n) is 5.80. The van der Waals surface area contributed by atoms with Crippen LogP contribution in [-0.4, -0.2) is 6.54 Å². The van der Waals surface area contributed by atoms with Crippen LogP contribution in [0.5, 0.6) is 0 Å². The highest BCUT2D eigenvalue weighted by Crippen LogP contribution is 2.31. The molecule has 0 saturated carbocycles. The van der Waals surface area contributed by atoms with Crippen LogP contribution in [0.3, 0.4) is 0 Å². The van der Waals surface area contributed by atoms with Crippen LogP contribution in [0.4, 0.5) is 0 Å². The minimum atomic E-state index is 0.317. The summed E-state index contributed by atoms with van der Waals surface area (Å²) in [5, 5.41) is 6.37. The van der Waals surface area contributed by atoms with Crippen LogP contribution in [0.2, 0.25) is 5.02 Å². The van der Waals surface area contributed by atoms with E-state index in [1.165, 1.54) is 4.88 Å². The molecule has 4 heteroatoms.